The highest BCUT2D eigenvalue weighted by Crippen LogP contribution is 2.24. The molecule has 2 atom stereocenters. The van der Waals surface area contributed by atoms with Crippen LogP contribution >= 0.6 is 12.4 Å². The van der Waals surface area contributed by atoms with Crippen molar-refractivity contribution in [1.82, 2.24) is 15.2 Å². The fourth-order valence-electron chi connectivity index (χ4n) is 3.74. The van der Waals surface area contributed by atoms with Crippen LogP contribution in [-0.4, -0.2) is 48.8 Å². The summed E-state index contributed by atoms with van der Waals surface area (Å²) in [6.07, 6.45) is 6.27. The van der Waals surface area contributed by atoms with Crippen LogP contribution in [0.4, 0.5) is 0 Å². The van der Waals surface area contributed by atoms with Gasteiger partial charge >= 0.3 is 0 Å². The first-order chi connectivity index (χ1) is 12.9. The van der Waals surface area contributed by atoms with E-state index in [-0.39, 0.29) is 18.5 Å². The summed E-state index contributed by atoms with van der Waals surface area (Å²) in [5.74, 6) is 0.926. The van der Waals surface area contributed by atoms with Crippen molar-refractivity contribution < 1.29 is 9.47 Å². The number of benzene rings is 1. The molecule has 1 aromatic carbocycles. The van der Waals surface area contributed by atoms with Crippen molar-refractivity contribution >= 4 is 12.4 Å². The molecule has 2 aromatic rings. The molecule has 4 rings (SSSR count). The minimum absolute atomic E-state index is 0. The van der Waals surface area contributed by atoms with Crippen LogP contribution in [0.3, 0.4) is 0 Å². The fourth-order valence-corrected chi connectivity index (χ4v) is 3.74. The Morgan fingerprint density at radius 2 is 1.96 bits per heavy atom. The van der Waals surface area contributed by atoms with Crippen molar-refractivity contribution in [1.29, 1.82) is 0 Å². The molecule has 2 fully saturated rings. The van der Waals surface area contributed by atoms with E-state index in [1.807, 2.05) is 12.4 Å². The van der Waals surface area contributed by atoms with E-state index < -0.39 is 0 Å². The number of aromatic nitrogens is 1. The molecule has 2 unspecified atom stereocenters. The molecule has 1 aromatic heterocycles. The molecule has 27 heavy (non-hydrogen) atoms. The number of rotatable bonds is 6. The molecule has 0 bridgehead atoms. The molecule has 3 heterocycles. The highest BCUT2D eigenvalue weighted by molar-refractivity contribution is 5.85. The van der Waals surface area contributed by atoms with E-state index in [1.54, 1.807) is 0 Å². The lowest BCUT2D eigenvalue weighted by atomic mass is 10.0. The zero-order valence-corrected chi connectivity index (χ0v) is 16.4. The van der Waals surface area contributed by atoms with Crippen LogP contribution in [-0.2, 0) is 11.3 Å². The highest BCUT2D eigenvalue weighted by atomic mass is 35.5. The van der Waals surface area contributed by atoms with Gasteiger partial charge in [0.05, 0.1) is 6.10 Å². The van der Waals surface area contributed by atoms with Crippen LogP contribution in [0.1, 0.15) is 30.0 Å². The van der Waals surface area contributed by atoms with Crippen LogP contribution in [0, 0.1) is 0 Å². The maximum Gasteiger partial charge on any atom is 0.119 e. The number of hydrogen-bond acceptors (Lipinski definition) is 5. The zero-order valence-electron chi connectivity index (χ0n) is 15.5. The number of halogens is 1. The molecule has 0 amide bonds. The first-order valence-electron chi connectivity index (χ1n) is 9.56. The fraction of sp³-hybridized carbons (Fsp3) is 0.476. The van der Waals surface area contributed by atoms with Crippen LogP contribution in [0.25, 0.3) is 0 Å². The number of piperazine rings is 1. The van der Waals surface area contributed by atoms with Gasteiger partial charge in [-0.3, -0.25) is 9.88 Å². The first kappa shape index (κ1) is 20.1. The predicted molar refractivity (Wildman–Crippen MR) is 108 cm³/mol. The molecule has 2 aliphatic heterocycles. The van der Waals surface area contributed by atoms with Crippen molar-refractivity contribution in [3.05, 3.63) is 59.9 Å². The van der Waals surface area contributed by atoms with Crippen LogP contribution in [0.2, 0.25) is 0 Å². The summed E-state index contributed by atoms with van der Waals surface area (Å²) in [6.45, 7) is 5.53. The van der Waals surface area contributed by atoms with Crippen molar-refractivity contribution in [2.24, 2.45) is 0 Å². The molecule has 0 spiro atoms. The lowest BCUT2D eigenvalue weighted by Gasteiger charge is -2.36. The highest BCUT2D eigenvalue weighted by Gasteiger charge is 2.23. The Hall–Kier alpha value is -1.66. The smallest absolute Gasteiger partial charge is 0.119 e. The van der Waals surface area contributed by atoms with E-state index in [9.17, 15) is 0 Å². The lowest BCUT2D eigenvalue weighted by molar-refractivity contribution is 0.0679. The largest absolute Gasteiger partial charge is 0.491 e. The number of ether oxygens (including phenoxy) is 2. The summed E-state index contributed by atoms with van der Waals surface area (Å²) in [5.41, 5.74) is 2.64. The normalized spacial score (nSPS) is 23.0. The molecular formula is C21H28ClN3O2. The van der Waals surface area contributed by atoms with Crippen molar-refractivity contribution in [3.63, 3.8) is 0 Å². The second-order valence-electron chi connectivity index (χ2n) is 7.06. The predicted octanol–water partition coefficient (Wildman–Crippen LogP) is 3.21. The molecule has 1 N–H and O–H groups in total. The lowest BCUT2D eigenvalue weighted by Crippen LogP contribution is -2.45. The van der Waals surface area contributed by atoms with E-state index in [1.165, 1.54) is 11.1 Å². The third-order valence-corrected chi connectivity index (χ3v) is 5.21. The molecule has 2 saturated heterocycles. The molecule has 2 aliphatic rings. The van der Waals surface area contributed by atoms with E-state index in [0.717, 1.165) is 51.4 Å². The molecule has 146 valence electrons. The van der Waals surface area contributed by atoms with Gasteiger partial charge in [0, 0.05) is 51.2 Å². The summed E-state index contributed by atoms with van der Waals surface area (Å²) in [7, 11) is 0. The van der Waals surface area contributed by atoms with E-state index in [0.29, 0.717) is 12.6 Å². The van der Waals surface area contributed by atoms with Gasteiger partial charge in [0.15, 0.2) is 0 Å². The van der Waals surface area contributed by atoms with Crippen LogP contribution in [0.15, 0.2) is 48.8 Å². The molecule has 0 radical (unpaired) electrons. The third kappa shape index (κ3) is 5.42. The average molecular weight is 390 g/mol. The quantitative estimate of drug-likeness (QED) is 0.822. The number of pyridine rings is 1. The Bertz CT molecular complexity index is 678. The SMILES string of the molecule is Cl.c1cc(C2CNCCN2Cc2ccc(OCC3CCCO3)cc2)ccn1. The maximum atomic E-state index is 5.87. The van der Waals surface area contributed by atoms with Crippen molar-refractivity contribution in [2.75, 3.05) is 32.8 Å². The minimum atomic E-state index is 0. The van der Waals surface area contributed by atoms with Gasteiger partial charge in [0.25, 0.3) is 0 Å². The van der Waals surface area contributed by atoms with Gasteiger partial charge in [-0.15, -0.1) is 12.4 Å². The van der Waals surface area contributed by atoms with Crippen molar-refractivity contribution in [3.8, 4) is 5.75 Å². The Morgan fingerprint density at radius 1 is 1.15 bits per heavy atom. The van der Waals surface area contributed by atoms with Gasteiger partial charge in [-0.2, -0.15) is 0 Å². The van der Waals surface area contributed by atoms with E-state index in [2.05, 4.69) is 51.6 Å². The molecule has 6 heteroatoms. The molecule has 0 saturated carbocycles. The molecule has 5 nitrogen and oxygen atoms in total. The number of hydrogen-bond donors (Lipinski definition) is 1. The van der Waals surface area contributed by atoms with Gasteiger partial charge in [-0.05, 0) is 48.2 Å². The van der Waals surface area contributed by atoms with Gasteiger partial charge in [-0.25, -0.2) is 0 Å². The maximum absolute atomic E-state index is 5.87. The molecular weight excluding hydrogens is 362 g/mol. The Labute approximate surface area is 167 Å². The standard InChI is InChI=1S/C21H27N3O2.ClH/c1-2-20(25-13-1)16-26-19-5-3-17(4-6-19)15-24-12-11-23-14-21(24)18-7-9-22-10-8-18;/h3-10,20-21,23H,1-2,11-16H2;1H. The van der Waals surface area contributed by atoms with Crippen molar-refractivity contribution in [2.45, 2.75) is 31.5 Å². The average Bonchev–Trinajstić information content (AvgIpc) is 3.22. The van der Waals surface area contributed by atoms with E-state index >= 15 is 0 Å². The molecule has 0 aliphatic carbocycles. The van der Waals surface area contributed by atoms with Gasteiger partial charge in [0.2, 0.25) is 0 Å². The number of nitrogens with one attached hydrogen (secondary N) is 1. The minimum Gasteiger partial charge on any atom is -0.491 e. The summed E-state index contributed by atoms with van der Waals surface area (Å²) in [6, 6.07) is 13.1. The third-order valence-electron chi connectivity index (χ3n) is 5.21. The van der Waals surface area contributed by atoms with Crippen LogP contribution in [0.5, 0.6) is 5.75 Å². The second-order valence-corrected chi connectivity index (χ2v) is 7.06. The number of nitrogens with zero attached hydrogens (tertiary/aromatic N) is 2. The summed E-state index contributed by atoms with van der Waals surface area (Å²) < 4.78 is 11.5. The topological polar surface area (TPSA) is 46.6 Å². The zero-order chi connectivity index (χ0) is 17.6. The van der Waals surface area contributed by atoms with Gasteiger partial charge in [0.1, 0.15) is 12.4 Å². The Morgan fingerprint density at radius 3 is 2.70 bits per heavy atom. The Kier molecular flexibility index (Phi) is 7.47. The summed E-state index contributed by atoms with van der Waals surface area (Å²) in [4.78, 5) is 6.68. The monoisotopic (exact) mass is 389 g/mol. The summed E-state index contributed by atoms with van der Waals surface area (Å²) >= 11 is 0. The first-order valence-corrected chi connectivity index (χ1v) is 9.56. The van der Waals surface area contributed by atoms with E-state index in [4.69, 9.17) is 9.47 Å². The van der Waals surface area contributed by atoms with Crippen LogP contribution < -0.4 is 10.1 Å². The van der Waals surface area contributed by atoms with Gasteiger partial charge < -0.3 is 14.8 Å². The van der Waals surface area contributed by atoms with Gasteiger partial charge in [-0.1, -0.05) is 12.1 Å². The Balaban J connectivity index is 0.00000210. The summed E-state index contributed by atoms with van der Waals surface area (Å²) in [5, 5.41) is 3.51. The second kappa shape index (κ2) is 10.0.